The molecule has 1 aliphatic carbocycles. The second-order valence-corrected chi connectivity index (χ2v) is 2.64. The lowest BCUT2D eigenvalue weighted by atomic mass is 9.83. The number of fused-ring (bicyclic) bond motifs is 1. The van der Waals surface area contributed by atoms with Crippen LogP contribution >= 0.6 is 0 Å². The van der Waals surface area contributed by atoms with Crippen molar-refractivity contribution < 1.29 is 0 Å². The summed E-state index contributed by atoms with van der Waals surface area (Å²) >= 11 is 0. The van der Waals surface area contributed by atoms with E-state index in [4.69, 9.17) is 0 Å². The monoisotopic (exact) mass is 119 g/mol. The molecule has 0 N–H and O–H groups in total. The molecule has 0 spiro atoms. The van der Waals surface area contributed by atoms with Gasteiger partial charge in [-0.25, -0.2) is 0 Å². The van der Waals surface area contributed by atoms with Crippen molar-refractivity contribution in [3.8, 4) is 0 Å². The summed E-state index contributed by atoms with van der Waals surface area (Å²) < 4.78 is 0. The number of pyridine rings is 1. The largest absolute Gasteiger partial charge is 0.261 e. The van der Waals surface area contributed by atoms with Crippen molar-refractivity contribution in [1.82, 2.24) is 4.98 Å². The first-order chi connectivity index (χ1) is 4.38. The van der Waals surface area contributed by atoms with Gasteiger partial charge in [-0.3, -0.25) is 4.98 Å². The van der Waals surface area contributed by atoms with Crippen LogP contribution in [0.1, 0.15) is 24.1 Å². The van der Waals surface area contributed by atoms with Gasteiger partial charge in [0, 0.05) is 11.9 Å². The van der Waals surface area contributed by atoms with Crippen LogP contribution in [0.3, 0.4) is 0 Å². The summed E-state index contributed by atoms with van der Waals surface area (Å²) in [5, 5.41) is 0. The average molecular weight is 119 g/mol. The summed E-state index contributed by atoms with van der Waals surface area (Å²) in [4.78, 5) is 4.22. The van der Waals surface area contributed by atoms with Gasteiger partial charge in [-0.2, -0.15) is 0 Å². The van der Waals surface area contributed by atoms with Gasteiger partial charge in [-0.15, -0.1) is 0 Å². The molecule has 1 aromatic heterocycles. The molecule has 1 aliphatic rings. The first kappa shape index (κ1) is 4.98. The minimum atomic E-state index is 0.758. The zero-order chi connectivity index (χ0) is 6.27. The molecular formula is C8H9N. The molecule has 1 atom stereocenters. The molecule has 2 rings (SSSR count). The normalized spacial score (nSPS) is 22.6. The molecule has 0 aliphatic heterocycles. The molecule has 1 nitrogen and oxygen atoms in total. The molecule has 0 amide bonds. The first-order valence-electron chi connectivity index (χ1n) is 3.31. The van der Waals surface area contributed by atoms with Crippen LogP contribution in [0.5, 0.6) is 0 Å². The zero-order valence-corrected chi connectivity index (χ0v) is 5.46. The van der Waals surface area contributed by atoms with Gasteiger partial charge in [0.05, 0.1) is 0 Å². The second-order valence-electron chi connectivity index (χ2n) is 2.64. The first-order valence-corrected chi connectivity index (χ1v) is 3.31. The van der Waals surface area contributed by atoms with E-state index in [9.17, 15) is 0 Å². The van der Waals surface area contributed by atoms with E-state index in [0.29, 0.717) is 0 Å². The predicted octanol–water partition coefficient (Wildman–Crippen LogP) is 1.74. The Morgan fingerprint density at radius 1 is 1.67 bits per heavy atom. The van der Waals surface area contributed by atoms with E-state index in [2.05, 4.69) is 18.0 Å². The minimum Gasteiger partial charge on any atom is -0.261 e. The lowest BCUT2D eigenvalue weighted by Gasteiger charge is -2.24. The smallest absolute Gasteiger partial charge is 0.0444 e. The molecule has 1 heterocycles. The predicted molar refractivity (Wildman–Crippen MR) is 36.4 cm³/mol. The highest BCUT2D eigenvalue weighted by atomic mass is 14.7. The Labute approximate surface area is 54.7 Å². The van der Waals surface area contributed by atoms with Crippen LogP contribution in [-0.4, -0.2) is 4.98 Å². The number of hydrogen-bond acceptors (Lipinski definition) is 1. The maximum Gasteiger partial charge on any atom is 0.0444 e. The topological polar surface area (TPSA) is 12.9 Å². The number of hydrogen-bond donors (Lipinski definition) is 0. The quantitative estimate of drug-likeness (QED) is 0.507. The van der Waals surface area contributed by atoms with E-state index in [1.165, 1.54) is 17.7 Å². The molecule has 0 radical (unpaired) electrons. The Bertz CT molecular complexity index is 230. The Kier molecular flexibility index (Phi) is 0.865. The van der Waals surface area contributed by atoms with Crippen LogP contribution in [-0.2, 0) is 6.42 Å². The van der Waals surface area contributed by atoms with E-state index in [1.807, 2.05) is 12.3 Å². The highest BCUT2D eigenvalue weighted by molar-refractivity contribution is 5.33. The van der Waals surface area contributed by atoms with Gasteiger partial charge < -0.3 is 0 Å². The molecule has 1 heteroatoms. The van der Waals surface area contributed by atoms with E-state index in [0.717, 1.165) is 5.92 Å². The standard InChI is InChI=1S/C8H9N/c1-6-5-8-7(6)3-2-4-9-8/h2-4,6H,5H2,1H3/t6-/m0/s1. The van der Waals surface area contributed by atoms with Crippen LogP contribution in [0, 0.1) is 0 Å². The number of rotatable bonds is 0. The van der Waals surface area contributed by atoms with Crippen molar-refractivity contribution in [3.05, 3.63) is 29.6 Å². The highest BCUT2D eigenvalue weighted by Gasteiger charge is 2.21. The lowest BCUT2D eigenvalue weighted by molar-refractivity contribution is 0.640. The summed E-state index contributed by atoms with van der Waals surface area (Å²) in [6, 6.07) is 4.17. The summed E-state index contributed by atoms with van der Waals surface area (Å²) in [5.74, 6) is 0.758. The SMILES string of the molecule is C[C@H]1Cc2ncccc21. The van der Waals surface area contributed by atoms with Gasteiger partial charge in [0.2, 0.25) is 0 Å². The van der Waals surface area contributed by atoms with Gasteiger partial charge in [0.25, 0.3) is 0 Å². The van der Waals surface area contributed by atoms with Gasteiger partial charge in [-0.05, 0) is 24.0 Å². The molecule has 0 saturated carbocycles. The molecule has 0 fully saturated rings. The highest BCUT2D eigenvalue weighted by Crippen LogP contribution is 2.31. The Balaban J connectivity index is 2.51. The van der Waals surface area contributed by atoms with Gasteiger partial charge in [0.15, 0.2) is 0 Å². The van der Waals surface area contributed by atoms with Crippen LogP contribution < -0.4 is 0 Å². The summed E-state index contributed by atoms with van der Waals surface area (Å²) in [7, 11) is 0. The van der Waals surface area contributed by atoms with Crippen LogP contribution in [0.25, 0.3) is 0 Å². The fourth-order valence-corrected chi connectivity index (χ4v) is 1.34. The Morgan fingerprint density at radius 2 is 2.56 bits per heavy atom. The van der Waals surface area contributed by atoms with E-state index in [-0.39, 0.29) is 0 Å². The second kappa shape index (κ2) is 1.56. The third kappa shape index (κ3) is 0.576. The van der Waals surface area contributed by atoms with Crippen molar-refractivity contribution >= 4 is 0 Å². The lowest BCUT2D eigenvalue weighted by Crippen LogP contribution is -2.15. The fourth-order valence-electron chi connectivity index (χ4n) is 1.34. The third-order valence-corrected chi connectivity index (χ3v) is 1.96. The molecule has 0 bridgehead atoms. The summed E-state index contributed by atoms with van der Waals surface area (Å²) in [6.07, 6.45) is 3.04. The van der Waals surface area contributed by atoms with Gasteiger partial charge in [-0.1, -0.05) is 13.0 Å². The minimum absolute atomic E-state index is 0.758. The van der Waals surface area contributed by atoms with E-state index >= 15 is 0 Å². The summed E-state index contributed by atoms with van der Waals surface area (Å²) in [5.41, 5.74) is 2.74. The molecule has 0 unspecified atom stereocenters. The molecule has 1 aromatic rings. The molecule has 46 valence electrons. The Hall–Kier alpha value is -0.850. The number of aromatic nitrogens is 1. The molecule has 0 aromatic carbocycles. The van der Waals surface area contributed by atoms with Crippen molar-refractivity contribution in [3.63, 3.8) is 0 Å². The number of nitrogens with zero attached hydrogens (tertiary/aromatic N) is 1. The zero-order valence-electron chi connectivity index (χ0n) is 5.46. The Morgan fingerprint density at radius 3 is 3.11 bits per heavy atom. The maximum atomic E-state index is 4.22. The molecule has 9 heavy (non-hydrogen) atoms. The van der Waals surface area contributed by atoms with Crippen molar-refractivity contribution in [1.29, 1.82) is 0 Å². The van der Waals surface area contributed by atoms with E-state index < -0.39 is 0 Å². The van der Waals surface area contributed by atoms with Crippen LogP contribution in [0.2, 0.25) is 0 Å². The fraction of sp³-hybridized carbons (Fsp3) is 0.375. The van der Waals surface area contributed by atoms with Crippen LogP contribution in [0.15, 0.2) is 18.3 Å². The summed E-state index contributed by atoms with van der Waals surface area (Å²) in [6.45, 7) is 2.24. The van der Waals surface area contributed by atoms with Crippen molar-refractivity contribution in [2.45, 2.75) is 19.3 Å². The van der Waals surface area contributed by atoms with Gasteiger partial charge >= 0.3 is 0 Å². The third-order valence-electron chi connectivity index (χ3n) is 1.96. The molecular weight excluding hydrogens is 110 g/mol. The van der Waals surface area contributed by atoms with Gasteiger partial charge in [0.1, 0.15) is 0 Å². The van der Waals surface area contributed by atoms with Crippen LogP contribution in [0.4, 0.5) is 0 Å². The van der Waals surface area contributed by atoms with Crippen molar-refractivity contribution in [2.24, 2.45) is 0 Å². The van der Waals surface area contributed by atoms with E-state index in [1.54, 1.807) is 0 Å². The average Bonchev–Trinajstić information content (AvgIpc) is 1.86. The maximum absolute atomic E-state index is 4.22. The molecule has 0 saturated heterocycles. The van der Waals surface area contributed by atoms with Crippen molar-refractivity contribution in [2.75, 3.05) is 0 Å².